The molecule has 0 aromatic heterocycles. The predicted molar refractivity (Wildman–Crippen MR) is 51.6 cm³/mol. The number of nitrogen functional groups attached to an aromatic ring is 1. The summed E-state index contributed by atoms with van der Waals surface area (Å²) in [6.07, 6.45) is 0. The number of aliphatic carboxylic acids is 1. The van der Waals surface area contributed by atoms with Crippen LogP contribution in [0, 0.1) is 6.92 Å². The Labute approximate surface area is 77.2 Å². The van der Waals surface area contributed by atoms with Crippen molar-refractivity contribution < 1.29 is 9.90 Å². The standard InChI is InChI=1S/C10H13NO2/c1-6-3-4-8(5-9(6)11)7(2)10(12)13/h3-5,7H,11H2,1-2H3,(H,12,13). The van der Waals surface area contributed by atoms with Crippen molar-refractivity contribution in [2.45, 2.75) is 19.8 Å². The molecule has 1 aromatic carbocycles. The summed E-state index contributed by atoms with van der Waals surface area (Å²) in [4.78, 5) is 10.7. The van der Waals surface area contributed by atoms with E-state index in [4.69, 9.17) is 10.8 Å². The fourth-order valence-electron chi connectivity index (χ4n) is 1.07. The summed E-state index contributed by atoms with van der Waals surface area (Å²) >= 11 is 0. The molecule has 1 rings (SSSR count). The maximum atomic E-state index is 10.7. The summed E-state index contributed by atoms with van der Waals surface area (Å²) in [5.74, 6) is -1.33. The van der Waals surface area contributed by atoms with E-state index in [0.717, 1.165) is 11.1 Å². The van der Waals surface area contributed by atoms with Crippen LogP contribution in [0.1, 0.15) is 24.0 Å². The van der Waals surface area contributed by atoms with Crippen molar-refractivity contribution in [3.05, 3.63) is 29.3 Å². The number of carbonyl (C=O) groups is 1. The molecule has 0 fully saturated rings. The number of carboxylic acids is 1. The maximum absolute atomic E-state index is 10.7. The van der Waals surface area contributed by atoms with Gasteiger partial charge in [-0.15, -0.1) is 0 Å². The highest BCUT2D eigenvalue weighted by molar-refractivity contribution is 5.76. The minimum absolute atomic E-state index is 0.497. The average Bonchev–Trinajstić information content (AvgIpc) is 2.08. The molecule has 0 bridgehead atoms. The topological polar surface area (TPSA) is 63.3 Å². The first-order valence-electron chi connectivity index (χ1n) is 4.11. The number of hydrogen-bond donors (Lipinski definition) is 2. The highest BCUT2D eigenvalue weighted by Crippen LogP contribution is 2.20. The van der Waals surface area contributed by atoms with Crippen molar-refractivity contribution in [3.63, 3.8) is 0 Å². The summed E-state index contributed by atoms with van der Waals surface area (Å²) in [7, 11) is 0. The Morgan fingerprint density at radius 2 is 2.15 bits per heavy atom. The second-order valence-corrected chi connectivity index (χ2v) is 3.18. The van der Waals surface area contributed by atoms with Gasteiger partial charge in [-0.2, -0.15) is 0 Å². The summed E-state index contributed by atoms with van der Waals surface area (Å²) < 4.78 is 0. The predicted octanol–water partition coefficient (Wildman–Crippen LogP) is 1.77. The maximum Gasteiger partial charge on any atom is 0.310 e. The van der Waals surface area contributed by atoms with E-state index in [9.17, 15) is 4.79 Å². The fraction of sp³-hybridized carbons (Fsp3) is 0.300. The van der Waals surface area contributed by atoms with E-state index in [2.05, 4.69) is 0 Å². The van der Waals surface area contributed by atoms with E-state index in [0.29, 0.717) is 5.69 Å². The lowest BCUT2D eigenvalue weighted by Gasteiger charge is -2.08. The minimum Gasteiger partial charge on any atom is -0.481 e. The van der Waals surface area contributed by atoms with E-state index >= 15 is 0 Å². The van der Waals surface area contributed by atoms with E-state index in [1.165, 1.54) is 0 Å². The third-order valence-corrected chi connectivity index (χ3v) is 2.17. The Hall–Kier alpha value is -1.51. The number of nitrogens with two attached hydrogens (primary N) is 1. The summed E-state index contributed by atoms with van der Waals surface area (Å²) in [5.41, 5.74) is 8.03. The quantitative estimate of drug-likeness (QED) is 0.680. The lowest BCUT2D eigenvalue weighted by Crippen LogP contribution is -2.07. The largest absolute Gasteiger partial charge is 0.481 e. The van der Waals surface area contributed by atoms with Crippen LogP contribution in [0.15, 0.2) is 18.2 Å². The van der Waals surface area contributed by atoms with Gasteiger partial charge in [0.05, 0.1) is 5.92 Å². The van der Waals surface area contributed by atoms with E-state index in [1.807, 2.05) is 13.0 Å². The molecular formula is C10H13NO2. The second-order valence-electron chi connectivity index (χ2n) is 3.18. The van der Waals surface area contributed by atoms with Crippen LogP contribution in [0.2, 0.25) is 0 Å². The molecule has 0 saturated heterocycles. The van der Waals surface area contributed by atoms with Crippen molar-refractivity contribution in [2.75, 3.05) is 5.73 Å². The molecule has 0 aliphatic heterocycles. The van der Waals surface area contributed by atoms with Gasteiger partial charge in [-0.3, -0.25) is 4.79 Å². The molecule has 70 valence electrons. The molecule has 0 aliphatic carbocycles. The molecule has 13 heavy (non-hydrogen) atoms. The van der Waals surface area contributed by atoms with Gasteiger partial charge in [0.1, 0.15) is 0 Å². The first kappa shape index (κ1) is 9.58. The van der Waals surface area contributed by atoms with Gasteiger partial charge in [0.15, 0.2) is 0 Å². The van der Waals surface area contributed by atoms with E-state index < -0.39 is 11.9 Å². The highest BCUT2D eigenvalue weighted by Gasteiger charge is 2.13. The van der Waals surface area contributed by atoms with Gasteiger partial charge in [0.25, 0.3) is 0 Å². The molecule has 1 atom stereocenters. The molecule has 3 nitrogen and oxygen atoms in total. The molecule has 0 amide bonds. The molecule has 3 heteroatoms. The molecular weight excluding hydrogens is 166 g/mol. The Balaban J connectivity index is 3.03. The zero-order valence-corrected chi connectivity index (χ0v) is 7.74. The number of benzene rings is 1. The van der Waals surface area contributed by atoms with E-state index in [1.54, 1.807) is 19.1 Å². The van der Waals surface area contributed by atoms with Crippen LogP contribution in [0.3, 0.4) is 0 Å². The lowest BCUT2D eigenvalue weighted by molar-refractivity contribution is -0.138. The van der Waals surface area contributed by atoms with Gasteiger partial charge >= 0.3 is 5.97 Å². The van der Waals surface area contributed by atoms with Crippen molar-refractivity contribution in [1.29, 1.82) is 0 Å². The molecule has 0 saturated carbocycles. The van der Waals surface area contributed by atoms with Gasteiger partial charge in [-0.1, -0.05) is 12.1 Å². The zero-order chi connectivity index (χ0) is 10.0. The number of carboxylic acid groups (broad SMARTS) is 1. The molecule has 0 radical (unpaired) electrons. The van der Waals surface area contributed by atoms with E-state index in [-0.39, 0.29) is 0 Å². The van der Waals surface area contributed by atoms with Crippen LogP contribution < -0.4 is 5.73 Å². The number of anilines is 1. The van der Waals surface area contributed by atoms with Crippen LogP contribution in [-0.4, -0.2) is 11.1 Å². The van der Waals surface area contributed by atoms with Gasteiger partial charge in [-0.25, -0.2) is 0 Å². The highest BCUT2D eigenvalue weighted by atomic mass is 16.4. The van der Waals surface area contributed by atoms with Crippen LogP contribution >= 0.6 is 0 Å². The third-order valence-electron chi connectivity index (χ3n) is 2.17. The molecule has 0 spiro atoms. The van der Waals surface area contributed by atoms with Gasteiger partial charge in [0, 0.05) is 5.69 Å². The van der Waals surface area contributed by atoms with Crippen molar-refractivity contribution >= 4 is 11.7 Å². The summed E-state index contributed by atoms with van der Waals surface area (Å²) in [5, 5.41) is 8.75. The van der Waals surface area contributed by atoms with Crippen molar-refractivity contribution in [3.8, 4) is 0 Å². The van der Waals surface area contributed by atoms with Crippen LogP contribution in [0.25, 0.3) is 0 Å². The minimum atomic E-state index is -0.830. The Kier molecular flexibility index (Phi) is 2.56. The molecule has 1 unspecified atom stereocenters. The second kappa shape index (κ2) is 3.47. The summed E-state index contributed by atoms with van der Waals surface area (Å²) in [6, 6.07) is 5.35. The van der Waals surface area contributed by atoms with Crippen LogP contribution in [0.5, 0.6) is 0 Å². The van der Waals surface area contributed by atoms with Gasteiger partial charge in [0.2, 0.25) is 0 Å². The smallest absolute Gasteiger partial charge is 0.310 e. The fourth-order valence-corrected chi connectivity index (χ4v) is 1.07. The molecule has 0 aliphatic rings. The van der Waals surface area contributed by atoms with Crippen molar-refractivity contribution in [2.24, 2.45) is 0 Å². The van der Waals surface area contributed by atoms with Crippen LogP contribution in [-0.2, 0) is 4.79 Å². The van der Waals surface area contributed by atoms with Gasteiger partial charge < -0.3 is 10.8 Å². The van der Waals surface area contributed by atoms with Crippen molar-refractivity contribution in [1.82, 2.24) is 0 Å². The summed E-state index contributed by atoms with van der Waals surface area (Å²) in [6.45, 7) is 3.54. The Morgan fingerprint density at radius 1 is 1.54 bits per heavy atom. The molecule has 1 aromatic rings. The molecule has 0 heterocycles. The SMILES string of the molecule is Cc1ccc(C(C)C(=O)O)cc1N. The average molecular weight is 179 g/mol. The zero-order valence-electron chi connectivity index (χ0n) is 7.74. The molecule has 3 N–H and O–H groups in total. The number of rotatable bonds is 2. The van der Waals surface area contributed by atoms with Crippen LogP contribution in [0.4, 0.5) is 5.69 Å². The monoisotopic (exact) mass is 179 g/mol. The normalized spacial score (nSPS) is 12.5. The first-order chi connectivity index (χ1) is 6.02. The van der Waals surface area contributed by atoms with Gasteiger partial charge in [-0.05, 0) is 31.0 Å². The first-order valence-corrected chi connectivity index (χ1v) is 4.11. The number of hydrogen-bond acceptors (Lipinski definition) is 2. The Morgan fingerprint density at radius 3 is 2.62 bits per heavy atom. The third kappa shape index (κ3) is 1.99. The lowest BCUT2D eigenvalue weighted by atomic mass is 9.99. The number of aryl methyl sites for hydroxylation is 1. The Bertz CT molecular complexity index is 334.